The largest absolute Gasteiger partial charge is 0.461 e. The van der Waals surface area contributed by atoms with Gasteiger partial charge in [0.2, 0.25) is 0 Å². The number of benzene rings is 3. The molecule has 0 unspecified atom stereocenters. The summed E-state index contributed by atoms with van der Waals surface area (Å²) in [6, 6.07) is 26.5. The van der Waals surface area contributed by atoms with E-state index in [9.17, 15) is 4.79 Å². The zero-order chi connectivity index (χ0) is 18.4. The predicted octanol–water partition coefficient (Wildman–Crippen LogP) is 4.47. The van der Waals surface area contributed by atoms with Crippen molar-refractivity contribution in [3.63, 3.8) is 0 Å². The fraction of sp³-hybridized carbons (Fsp3) is 0.174. The van der Waals surface area contributed by atoms with Crippen LogP contribution in [0.4, 0.5) is 0 Å². The van der Waals surface area contributed by atoms with E-state index < -0.39 is 7.92 Å². The van der Waals surface area contributed by atoms with Crippen LogP contribution in [-0.2, 0) is 57.0 Å². The predicted molar refractivity (Wildman–Crippen MR) is 110 cm³/mol. The minimum absolute atomic E-state index is 0. The molecule has 0 atom stereocenters. The second-order valence-electron chi connectivity index (χ2n) is 6.31. The fourth-order valence-electron chi connectivity index (χ4n) is 2.95. The van der Waals surface area contributed by atoms with E-state index in [0.717, 1.165) is 5.56 Å². The van der Waals surface area contributed by atoms with Gasteiger partial charge < -0.3 is 4.74 Å². The Kier molecular flexibility index (Phi) is 11.1. The molecule has 2 nitrogen and oxygen atoms in total. The smallest absolute Gasteiger partial charge is 0.311 e. The fourth-order valence-corrected chi connectivity index (χ4v) is 5.43. The van der Waals surface area contributed by atoms with Crippen LogP contribution in [0, 0.1) is 13.8 Å². The summed E-state index contributed by atoms with van der Waals surface area (Å²) in [6.07, 6.45) is 0.401. The van der Waals surface area contributed by atoms with Crippen LogP contribution in [0.1, 0.15) is 16.7 Å². The van der Waals surface area contributed by atoms with E-state index in [4.69, 9.17) is 4.74 Å². The second-order valence-corrected chi connectivity index (χ2v) is 8.44. The van der Waals surface area contributed by atoms with Gasteiger partial charge in [0.1, 0.15) is 6.61 Å². The van der Waals surface area contributed by atoms with Crippen molar-refractivity contribution >= 4 is 24.5 Å². The van der Waals surface area contributed by atoms with E-state index >= 15 is 0 Å². The van der Waals surface area contributed by atoms with E-state index in [2.05, 4.69) is 38.1 Å². The monoisotopic (exact) mass is 574 g/mol. The molecule has 0 amide bonds. The Hall–Kier alpha value is -1.12. The summed E-state index contributed by atoms with van der Waals surface area (Å²) in [6.45, 7) is 4.54. The standard InChI is InChI=1S/C23H23O2P.2Pd/c1-18-10-6-8-14-21(18)26(22-15-9-7-11-19(22)2)17-23(24)25-16-20-12-4-3-5-13-20;;/h3-15H,16-17H2,1-2H3;;. The molecule has 0 aromatic heterocycles. The van der Waals surface area contributed by atoms with Crippen LogP contribution in [0.25, 0.3) is 0 Å². The van der Waals surface area contributed by atoms with Gasteiger partial charge in [-0.05, 0) is 49.1 Å². The molecule has 0 aliphatic heterocycles. The van der Waals surface area contributed by atoms with E-state index in [0.29, 0.717) is 12.8 Å². The second kappa shape index (κ2) is 12.4. The number of hydrogen-bond donors (Lipinski definition) is 0. The molecule has 3 rings (SSSR count). The molecule has 28 heavy (non-hydrogen) atoms. The molecule has 0 fully saturated rings. The molecule has 3 aromatic rings. The van der Waals surface area contributed by atoms with E-state index in [-0.39, 0.29) is 46.8 Å². The summed E-state index contributed by atoms with van der Waals surface area (Å²) in [5.74, 6) is -0.147. The van der Waals surface area contributed by atoms with Crippen LogP contribution in [0.15, 0.2) is 78.9 Å². The topological polar surface area (TPSA) is 26.3 Å². The van der Waals surface area contributed by atoms with Gasteiger partial charge in [-0.15, -0.1) is 0 Å². The third kappa shape index (κ3) is 6.74. The van der Waals surface area contributed by atoms with Gasteiger partial charge in [-0.3, -0.25) is 4.79 Å². The zero-order valence-electron chi connectivity index (χ0n) is 15.8. The van der Waals surface area contributed by atoms with Crippen molar-refractivity contribution < 1.29 is 50.4 Å². The summed E-state index contributed by atoms with van der Waals surface area (Å²) in [5.41, 5.74) is 3.45. The van der Waals surface area contributed by atoms with Crippen molar-refractivity contribution in [2.45, 2.75) is 20.5 Å². The maximum Gasteiger partial charge on any atom is 0.311 e. The molecule has 0 heterocycles. The first-order valence-electron chi connectivity index (χ1n) is 8.73. The van der Waals surface area contributed by atoms with Crippen LogP contribution in [-0.4, -0.2) is 12.1 Å². The number of carbonyl (C=O) groups excluding carboxylic acids is 1. The first-order valence-corrected chi connectivity index (χ1v) is 10.3. The van der Waals surface area contributed by atoms with Gasteiger partial charge in [-0.1, -0.05) is 78.9 Å². The number of hydrogen-bond acceptors (Lipinski definition) is 2. The number of esters is 1. The van der Waals surface area contributed by atoms with Gasteiger partial charge >= 0.3 is 5.97 Å². The van der Waals surface area contributed by atoms with Crippen molar-refractivity contribution in [3.05, 3.63) is 95.6 Å². The van der Waals surface area contributed by atoms with Gasteiger partial charge in [0, 0.05) is 40.8 Å². The third-order valence-electron chi connectivity index (χ3n) is 4.34. The van der Waals surface area contributed by atoms with Gasteiger partial charge in [0.15, 0.2) is 0 Å². The molecule has 5 heteroatoms. The molecular weight excluding hydrogens is 552 g/mol. The SMILES string of the molecule is Cc1ccccc1P(CC(=O)OCc1ccccc1)c1ccccc1C.[Pd].[Pd]. The number of aryl methyl sites for hydroxylation is 2. The molecule has 0 aliphatic carbocycles. The first kappa shape index (κ1) is 24.9. The number of rotatable bonds is 6. The van der Waals surface area contributed by atoms with Crippen molar-refractivity contribution in [2.75, 3.05) is 6.16 Å². The molecule has 0 aliphatic rings. The Morgan fingerprint density at radius 3 is 1.71 bits per heavy atom. The van der Waals surface area contributed by atoms with Crippen molar-refractivity contribution in [1.29, 1.82) is 0 Å². The maximum atomic E-state index is 12.6. The Morgan fingerprint density at radius 1 is 0.750 bits per heavy atom. The molecule has 0 spiro atoms. The summed E-state index contributed by atoms with van der Waals surface area (Å²) in [5, 5.41) is 2.49. The molecule has 152 valence electrons. The summed E-state index contributed by atoms with van der Waals surface area (Å²) < 4.78 is 5.56. The molecular formula is C23H23O2PPd2. The van der Waals surface area contributed by atoms with Crippen LogP contribution in [0.5, 0.6) is 0 Å². The summed E-state index contributed by atoms with van der Waals surface area (Å²) in [4.78, 5) is 12.6. The van der Waals surface area contributed by atoms with Crippen molar-refractivity contribution in [1.82, 2.24) is 0 Å². The Labute approximate surface area is 196 Å². The van der Waals surface area contributed by atoms with Crippen molar-refractivity contribution in [3.8, 4) is 0 Å². The van der Waals surface area contributed by atoms with Gasteiger partial charge in [-0.2, -0.15) is 0 Å². The number of carbonyl (C=O) groups is 1. The summed E-state index contributed by atoms with van der Waals surface area (Å²) in [7, 11) is -0.787. The Morgan fingerprint density at radius 2 is 1.21 bits per heavy atom. The van der Waals surface area contributed by atoms with Crippen LogP contribution >= 0.6 is 7.92 Å². The Bertz CT molecular complexity index is 839. The third-order valence-corrected chi connectivity index (χ3v) is 7.08. The van der Waals surface area contributed by atoms with Crippen molar-refractivity contribution in [2.24, 2.45) is 0 Å². The molecule has 0 radical (unpaired) electrons. The van der Waals surface area contributed by atoms with Crippen LogP contribution < -0.4 is 10.6 Å². The van der Waals surface area contributed by atoms with E-state index in [1.54, 1.807) is 0 Å². The van der Waals surface area contributed by atoms with Crippen LogP contribution in [0.2, 0.25) is 0 Å². The van der Waals surface area contributed by atoms with Crippen LogP contribution in [0.3, 0.4) is 0 Å². The molecule has 0 saturated carbocycles. The van der Waals surface area contributed by atoms with Gasteiger partial charge in [-0.25, -0.2) is 0 Å². The Balaban J connectivity index is 0.00000196. The normalized spacial score (nSPS) is 9.96. The quantitative estimate of drug-likeness (QED) is 0.247. The number of ether oxygens (including phenoxy) is 1. The molecule has 0 N–H and O–H groups in total. The molecule has 0 bridgehead atoms. The molecule has 3 aromatic carbocycles. The van der Waals surface area contributed by atoms with E-state index in [1.165, 1.54) is 21.7 Å². The molecule has 0 saturated heterocycles. The minimum Gasteiger partial charge on any atom is -0.461 e. The maximum absolute atomic E-state index is 12.6. The van der Waals surface area contributed by atoms with Gasteiger partial charge in [0.25, 0.3) is 0 Å². The zero-order valence-corrected chi connectivity index (χ0v) is 19.8. The summed E-state index contributed by atoms with van der Waals surface area (Å²) >= 11 is 0. The average Bonchev–Trinajstić information content (AvgIpc) is 2.67. The van der Waals surface area contributed by atoms with E-state index in [1.807, 2.05) is 54.6 Å². The first-order chi connectivity index (χ1) is 12.6. The van der Waals surface area contributed by atoms with Gasteiger partial charge in [0.05, 0.1) is 6.16 Å². The average molecular weight is 575 g/mol. The minimum atomic E-state index is -0.787.